The van der Waals surface area contributed by atoms with Crippen LogP contribution in [0.3, 0.4) is 0 Å². The first-order valence-electron chi connectivity index (χ1n) is 6.61. The first-order chi connectivity index (χ1) is 9.63. The number of esters is 1. The Morgan fingerprint density at radius 2 is 2.10 bits per heavy atom. The topological polar surface area (TPSA) is 43.7 Å². The van der Waals surface area contributed by atoms with Gasteiger partial charge in [-0.3, -0.25) is 9.63 Å². The Balaban J connectivity index is 2.11. The average molecular weight is 274 g/mol. The van der Waals surface area contributed by atoms with E-state index in [4.69, 9.17) is 9.57 Å². The zero-order valence-corrected chi connectivity index (χ0v) is 11.9. The van der Waals surface area contributed by atoms with Crippen molar-refractivity contribution in [2.45, 2.75) is 6.04 Å². The Morgan fingerprint density at radius 3 is 2.85 bits per heavy atom. The molecule has 1 aromatic carbocycles. The molecule has 0 spiro atoms. The predicted octanol–water partition coefficient (Wildman–Crippen LogP) is 1.89. The smallest absolute Gasteiger partial charge is 0.313 e. The van der Waals surface area contributed by atoms with Gasteiger partial charge in [0, 0.05) is 31.2 Å². The molecule has 1 fully saturated rings. The number of hydrogen-bond acceptors (Lipinski definition) is 4. The summed E-state index contributed by atoms with van der Waals surface area (Å²) in [4.78, 5) is 17.5. The van der Waals surface area contributed by atoms with E-state index in [1.54, 1.807) is 5.06 Å². The molecule has 0 aliphatic carbocycles. The van der Waals surface area contributed by atoms with Gasteiger partial charge in [-0.25, -0.2) is 0 Å². The van der Waals surface area contributed by atoms with Gasteiger partial charge in [-0.2, -0.15) is 5.06 Å². The summed E-state index contributed by atoms with van der Waals surface area (Å²) in [6.45, 7) is 0.358. The maximum Gasteiger partial charge on any atom is 0.313 e. The Kier molecular flexibility index (Phi) is 3.23. The van der Waals surface area contributed by atoms with Crippen LogP contribution in [-0.2, 0) is 21.4 Å². The molecule has 3 rings (SSSR count). The van der Waals surface area contributed by atoms with Gasteiger partial charge in [-0.1, -0.05) is 18.2 Å². The van der Waals surface area contributed by atoms with Crippen LogP contribution >= 0.6 is 0 Å². The molecule has 0 radical (unpaired) electrons. The van der Waals surface area contributed by atoms with Crippen LogP contribution in [0.5, 0.6) is 0 Å². The summed E-state index contributed by atoms with van der Waals surface area (Å²) in [5.74, 6) is -0.525. The van der Waals surface area contributed by atoms with Gasteiger partial charge >= 0.3 is 5.97 Å². The number of aryl methyl sites for hydroxylation is 1. The van der Waals surface area contributed by atoms with Gasteiger partial charge < -0.3 is 9.30 Å². The number of para-hydroxylation sites is 1. The van der Waals surface area contributed by atoms with Crippen LogP contribution in [0.25, 0.3) is 10.9 Å². The second-order valence-corrected chi connectivity index (χ2v) is 5.13. The summed E-state index contributed by atoms with van der Waals surface area (Å²) in [5.41, 5.74) is 2.24. The normalized spacial score (nSPS) is 23.4. The molecule has 0 unspecified atom stereocenters. The second-order valence-electron chi connectivity index (χ2n) is 5.13. The van der Waals surface area contributed by atoms with Crippen molar-refractivity contribution in [2.24, 2.45) is 13.0 Å². The second kappa shape index (κ2) is 4.92. The largest absolute Gasteiger partial charge is 0.469 e. The maximum absolute atomic E-state index is 12.0. The fourth-order valence-corrected chi connectivity index (χ4v) is 2.99. The van der Waals surface area contributed by atoms with Crippen LogP contribution in [0, 0.1) is 5.92 Å². The molecule has 0 N–H and O–H groups in total. The van der Waals surface area contributed by atoms with Crippen molar-refractivity contribution in [1.29, 1.82) is 0 Å². The fourth-order valence-electron chi connectivity index (χ4n) is 2.99. The average Bonchev–Trinajstić information content (AvgIpc) is 2.99. The molecular formula is C15H18N2O3. The standard InChI is InChI=1S/C15H18N2O3/c1-16-8-11(10-6-4-5-7-13(10)16)14-12(15(18)19-3)9-20-17(14)2/h4-8,12,14H,9H2,1-3H3/t12-,14+/m1/s1. The predicted molar refractivity (Wildman–Crippen MR) is 74.9 cm³/mol. The highest BCUT2D eigenvalue weighted by molar-refractivity contribution is 5.85. The number of benzene rings is 1. The lowest BCUT2D eigenvalue weighted by Gasteiger charge is -2.20. The lowest BCUT2D eigenvalue weighted by Crippen LogP contribution is -2.26. The van der Waals surface area contributed by atoms with E-state index in [0.29, 0.717) is 6.61 Å². The van der Waals surface area contributed by atoms with E-state index in [2.05, 4.69) is 22.9 Å². The van der Waals surface area contributed by atoms with Crippen LogP contribution in [0.15, 0.2) is 30.5 Å². The zero-order valence-electron chi connectivity index (χ0n) is 11.9. The van der Waals surface area contributed by atoms with E-state index < -0.39 is 0 Å². The molecule has 0 bridgehead atoms. The molecule has 2 heterocycles. The number of carbonyl (C=O) groups is 1. The summed E-state index contributed by atoms with van der Waals surface area (Å²) < 4.78 is 6.98. The number of ether oxygens (including phenoxy) is 1. The number of rotatable bonds is 2. The van der Waals surface area contributed by atoms with Crippen LogP contribution < -0.4 is 0 Å². The summed E-state index contributed by atoms with van der Waals surface area (Å²) in [6.07, 6.45) is 2.07. The molecule has 1 saturated heterocycles. The highest BCUT2D eigenvalue weighted by Gasteiger charge is 2.41. The summed E-state index contributed by atoms with van der Waals surface area (Å²) in [6, 6.07) is 8.05. The van der Waals surface area contributed by atoms with Crippen molar-refractivity contribution >= 4 is 16.9 Å². The van der Waals surface area contributed by atoms with E-state index in [1.165, 1.54) is 7.11 Å². The van der Waals surface area contributed by atoms with Gasteiger partial charge in [-0.05, 0) is 11.6 Å². The van der Waals surface area contributed by atoms with Gasteiger partial charge in [0.25, 0.3) is 0 Å². The molecule has 20 heavy (non-hydrogen) atoms. The number of nitrogens with zero attached hydrogens (tertiary/aromatic N) is 2. The minimum Gasteiger partial charge on any atom is -0.469 e. The van der Waals surface area contributed by atoms with E-state index in [0.717, 1.165) is 16.5 Å². The van der Waals surface area contributed by atoms with E-state index >= 15 is 0 Å². The number of hydrogen-bond donors (Lipinski definition) is 0. The van der Waals surface area contributed by atoms with E-state index in [1.807, 2.05) is 26.2 Å². The minimum atomic E-state index is -0.296. The number of carbonyl (C=O) groups excluding carboxylic acids is 1. The van der Waals surface area contributed by atoms with Gasteiger partial charge in [0.05, 0.1) is 19.8 Å². The molecule has 2 aromatic rings. The van der Waals surface area contributed by atoms with E-state index in [-0.39, 0.29) is 17.9 Å². The van der Waals surface area contributed by atoms with Crippen molar-refractivity contribution in [3.63, 3.8) is 0 Å². The molecule has 5 heteroatoms. The lowest BCUT2D eigenvalue weighted by atomic mass is 9.94. The number of fused-ring (bicyclic) bond motifs is 1. The Bertz CT molecular complexity index is 650. The quantitative estimate of drug-likeness (QED) is 0.784. The molecule has 1 aliphatic heterocycles. The summed E-state index contributed by atoms with van der Waals surface area (Å²) >= 11 is 0. The van der Waals surface area contributed by atoms with Gasteiger partial charge in [-0.15, -0.1) is 0 Å². The third-order valence-corrected chi connectivity index (χ3v) is 3.98. The summed E-state index contributed by atoms with van der Waals surface area (Å²) in [7, 11) is 5.28. The highest BCUT2D eigenvalue weighted by Crippen LogP contribution is 2.38. The maximum atomic E-state index is 12.0. The first kappa shape index (κ1) is 13.1. The van der Waals surface area contributed by atoms with Gasteiger partial charge in [0.1, 0.15) is 5.92 Å². The monoisotopic (exact) mass is 274 g/mol. The molecule has 1 aliphatic rings. The number of methoxy groups -OCH3 is 1. The molecule has 2 atom stereocenters. The Labute approximate surface area is 117 Å². The van der Waals surface area contributed by atoms with Crippen molar-refractivity contribution in [2.75, 3.05) is 20.8 Å². The molecule has 106 valence electrons. The number of hydroxylamine groups is 2. The highest BCUT2D eigenvalue weighted by atomic mass is 16.7. The van der Waals surface area contributed by atoms with Gasteiger partial charge in [0.2, 0.25) is 0 Å². The molecule has 0 saturated carbocycles. The lowest BCUT2D eigenvalue weighted by molar-refractivity contribution is -0.145. The van der Waals surface area contributed by atoms with Crippen molar-refractivity contribution in [3.05, 3.63) is 36.0 Å². The fraction of sp³-hybridized carbons (Fsp3) is 0.400. The third-order valence-electron chi connectivity index (χ3n) is 3.98. The number of aromatic nitrogens is 1. The molecule has 1 aromatic heterocycles. The van der Waals surface area contributed by atoms with Gasteiger partial charge in [0.15, 0.2) is 0 Å². The summed E-state index contributed by atoms with van der Waals surface area (Å²) in [5, 5.41) is 2.90. The minimum absolute atomic E-state index is 0.117. The third kappa shape index (κ3) is 1.90. The van der Waals surface area contributed by atoms with E-state index in [9.17, 15) is 4.79 Å². The molecule has 5 nitrogen and oxygen atoms in total. The Morgan fingerprint density at radius 1 is 1.35 bits per heavy atom. The SMILES string of the molecule is COC(=O)[C@@H]1CON(C)[C@H]1c1cn(C)c2ccccc12. The van der Waals surface area contributed by atoms with Crippen molar-refractivity contribution < 1.29 is 14.4 Å². The molecule has 0 amide bonds. The van der Waals surface area contributed by atoms with Crippen molar-refractivity contribution in [3.8, 4) is 0 Å². The first-order valence-corrected chi connectivity index (χ1v) is 6.61. The van der Waals surface area contributed by atoms with Crippen LogP contribution in [-0.4, -0.2) is 36.4 Å². The van der Waals surface area contributed by atoms with Crippen LogP contribution in [0.2, 0.25) is 0 Å². The Hall–Kier alpha value is -1.85. The zero-order chi connectivity index (χ0) is 14.3. The van der Waals surface area contributed by atoms with Crippen LogP contribution in [0.4, 0.5) is 0 Å². The van der Waals surface area contributed by atoms with Crippen molar-refractivity contribution in [1.82, 2.24) is 9.63 Å². The molecular weight excluding hydrogens is 256 g/mol. The van der Waals surface area contributed by atoms with Crippen LogP contribution in [0.1, 0.15) is 11.6 Å².